The van der Waals surface area contributed by atoms with Gasteiger partial charge in [0.1, 0.15) is 5.82 Å². The van der Waals surface area contributed by atoms with Crippen molar-refractivity contribution >= 4 is 34.7 Å². The van der Waals surface area contributed by atoms with E-state index in [1.54, 1.807) is 16.9 Å². The van der Waals surface area contributed by atoms with Gasteiger partial charge in [-0.2, -0.15) is 5.10 Å². The van der Waals surface area contributed by atoms with E-state index < -0.39 is 0 Å². The molecular formula is C15H13ClN4O2S. The van der Waals surface area contributed by atoms with Gasteiger partial charge in [-0.05, 0) is 25.0 Å². The third-order valence-corrected chi connectivity index (χ3v) is 4.87. The molecule has 1 aliphatic carbocycles. The molecule has 0 aromatic carbocycles. The van der Waals surface area contributed by atoms with Gasteiger partial charge >= 0.3 is 0 Å². The smallest absolute Gasteiger partial charge is 0.294 e. The van der Waals surface area contributed by atoms with Crippen molar-refractivity contribution < 1.29 is 9.21 Å². The molecule has 3 aromatic rings. The molecule has 3 heterocycles. The van der Waals surface area contributed by atoms with Gasteiger partial charge < -0.3 is 9.73 Å². The van der Waals surface area contributed by atoms with Crippen molar-refractivity contribution in [2.24, 2.45) is 0 Å². The lowest BCUT2D eigenvalue weighted by atomic mass is 10.2. The van der Waals surface area contributed by atoms with Crippen molar-refractivity contribution in [2.75, 3.05) is 5.32 Å². The van der Waals surface area contributed by atoms with Crippen molar-refractivity contribution in [1.82, 2.24) is 14.8 Å². The van der Waals surface area contributed by atoms with Gasteiger partial charge in [-0.25, -0.2) is 9.67 Å². The fourth-order valence-electron chi connectivity index (χ4n) is 2.39. The highest BCUT2D eigenvalue weighted by Crippen LogP contribution is 2.40. The number of hydrogen-bond acceptors (Lipinski definition) is 5. The predicted octanol–water partition coefficient (Wildman–Crippen LogP) is 3.76. The zero-order chi connectivity index (χ0) is 15.8. The summed E-state index contributed by atoms with van der Waals surface area (Å²) in [4.78, 5) is 17.7. The van der Waals surface area contributed by atoms with Gasteiger partial charge in [-0.15, -0.1) is 11.3 Å². The van der Waals surface area contributed by atoms with Crippen LogP contribution in [0.5, 0.6) is 0 Å². The highest BCUT2D eigenvalue weighted by atomic mass is 35.5. The summed E-state index contributed by atoms with van der Waals surface area (Å²) in [6.07, 6.45) is 5.09. The number of oxazole rings is 1. The van der Waals surface area contributed by atoms with Crippen molar-refractivity contribution in [2.45, 2.75) is 25.3 Å². The SMILES string of the molecule is O=C(Nc1ccnn1Cc1ccc(Cl)s1)c1ocnc1C1CC1. The molecule has 4 rings (SSSR count). The predicted molar refractivity (Wildman–Crippen MR) is 87.1 cm³/mol. The van der Waals surface area contributed by atoms with E-state index in [4.69, 9.17) is 16.0 Å². The van der Waals surface area contributed by atoms with Gasteiger partial charge in [0.25, 0.3) is 5.91 Å². The van der Waals surface area contributed by atoms with Crippen LogP contribution >= 0.6 is 22.9 Å². The number of hydrogen-bond donors (Lipinski definition) is 1. The van der Waals surface area contributed by atoms with Crippen molar-refractivity contribution in [1.29, 1.82) is 0 Å². The van der Waals surface area contributed by atoms with E-state index in [-0.39, 0.29) is 5.91 Å². The minimum atomic E-state index is -0.296. The first-order chi connectivity index (χ1) is 11.2. The van der Waals surface area contributed by atoms with E-state index in [1.807, 2.05) is 12.1 Å². The molecule has 6 nitrogen and oxygen atoms in total. The van der Waals surface area contributed by atoms with Gasteiger partial charge in [-0.1, -0.05) is 11.6 Å². The van der Waals surface area contributed by atoms with E-state index in [0.29, 0.717) is 24.0 Å². The van der Waals surface area contributed by atoms with Crippen LogP contribution in [0.2, 0.25) is 4.34 Å². The molecule has 0 aliphatic heterocycles. The number of nitrogens with zero attached hydrogens (tertiary/aromatic N) is 3. The monoisotopic (exact) mass is 348 g/mol. The molecule has 0 radical (unpaired) electrons. The van der Waals surface area contributed by atoms with E-state index in [0.717, 1.165) is 27.7 Å². The van der Waals surface area contributed by atoms with Gasteiger partial charge in [0.05, 0.1) is 22.8 Å². The van der Waals surface area contributed by atoms with Crippen LogP contribution in [-0.2, 0) is 6.54 Å². The Bertz CT molecular complexity index is 849. The summed E-state index contributed by atoms with van der Waals surface area (Å²) in [7, 11) is 0. The topological polar surface area (TPSA) is 73.0 Å². The van der Waals surface area contributed by atoms with Crippen LogP contribution in [0.3, 0.4) is 0 Å². The Hall–Kier alpha value is -2.12. The summed E-state index contributed by atoms with van der Waals surface area (Å²) in [5, 5.41) is 7.09. The Morgan fingerprint density at radius 2 is 2.30 bits per heavy atom. The number of carbonyl (C=O) groups is 1. The van der Waals surface area contributed by atoms with Crippen LogP contribution in [0.15, 0.2) is 35.2 Å². The molecule has 0 spiro atoms. The number of aromatic nitrogens is 3. The van der Waals surface area contributed by atoms with E-state index in [2.05, 4.69) is 15.4 Å². The van der Waals surface area contributed by atoms with E-state index >= 15 is 0 Å². The Kier molecular flexibility index (Phi) is 3.66. The highest BCUT2D eigenvalue weighted by Gasteiger charge is 2.32. The number of amides is 1. The Morgan fingerprint density at radius 1 is 1.43 bits per heavy atom. The fraction of sp³-hybridized carbons (Fsp3) is 0.267. The third-order valence-electron chi connectivity index (χ3n) is 3.66. The van der Waals surface area contributed by atoms with Crippen LogP contribution in [-0.4, -0.2) is 20.7 Å². The second-order valence-corrected chi connectivity index (χ2v) is 7.17. The van der Waals surface area contributed by atoms with Crippen LogP contribution in [0.4, 0.5) is 5.82 Å². The zero-order valence-corrected chi connectivity index (χ0v) is 13.6. The van der Waals surface area contributed by atoms with Gasteiger partial charge in [0.2, 0.25) is 5.76 Å². The molecule has 0 saturated heterocycles. The summed E-state index contributed by atoms with van der Waals surface area (Å²) in [6, 6.07) is 5.54. The number of rotatable bonds is 5. The lowest BCUT2D eigenvalue weighted by Crippen LogP contribution is -2.16. The Morgan fingerprint density at radius 3 is 3.04 bits per heavy atom. The Labute approximate surface area is 141 Å². The van der Waals surface area contributed by atoms with Gasteiger partial charge in [0, 0.05) is 16.9 Å². The molecule has 1 fully saturated rings. The second-order valence-electron chi connectivity index (χ2n) is 5.38. The number of nitrogens with one attached hydrogen (secondary N) is 1. The summed E-state index contributed by atoms with van der Waals surface area (Å²) < 4.78 is 7.72. The summed E-state index contributed by atoms with van der Waals surface area (Å²) >= 11 is 7.43. The zero-order valence-electron chi connectivity index (χ0n) is 12.0. The normalized spacial score (nSPS) is 14.1. The van der Waals surface area contributed by atoms with E-state index in [9.17, 15) is 4.79 Å². The first-order valence-corrected chi connectivity index (χ1v) is 8.41. The number of halogens is 1. The molecule has 1 N–H and O–H groups in total. The summed E-state index contributed by atoms with van der Waals surface area (Å²) in [5.41, 5.74) is 0.749. The molecule has 1 saturated carbocycles. The minimum Gasteiger partial charge on any atom is -0.438 e. The summed E-state index contributed by atoms with van der Waals surface area (Å²) in [6.45, 7) is 0.548. The average molecular weight is 349 g/mol. The highest BCUT2D eigenvalue weighted by molar-refractivity contribution is 7.16. The molecule has 1 amide bonds. The number of anilines is 1. The second kappa shape index (κ2) is 5.82. The molecule has 1 aliphatic rings. The standard InChI is InChI=1S/C15H13ClN4O2S/c16-11-4-3-10(23-11)7-20-12(5-6-18-20)19-15(21)14-13(9-1-2-9)17-8-22-14/h3-6,8-9H,1-2,7H2,(H,19,21). The maximum atomic E-state index is 12.4. The van der Waals surface area contributed by atoms with Crippen molar-refractivity contribution in [3.8, 4) is 0 Å². The van der Waals surface area contributed by atoms with Crippen molar-refractivity contribution in [3.63, 3.8) is 0 Å². The first kappa shape index (κ1) is 14.5. The number of carbonyl (C=O) groups excluding carboxylic acids is 1. The largest absolute Gasteiger partial charge is 0.438 e. The average Bonchev–Trinajstić information content (AvgIpc) is 2.93. The fourth-order valence-corrected chi connectivity index (χ4v) is 3.46. The van der Waals surface area contributed by atoms with Crippen molar-refractivity contribution in [3.05, 3.63) is 51.5 Å². The summed E-state index contributed by atoms with van der Waals surface area (Å²) in [5.74, 6) is 0.958. The van der Waals surface area contributed by atoms with Gasteiger partial charge in [0.15, 0.2) is 6.39 Å². The molecule has 23 heavy (non-hydrogen) atoms. The van der Waals surface area contributed by atoms with Crippen LogP contribution < -0.4 is 5.32 Å². The van der Waals surface area contributed by atoms with Gasteiger partial charge in [-0.3, -0.25) is 4.79 Å². The Balaban J connectivity index is 1.51. The molecule has 3 aromatic heterocycles. The molecule has 0 unspecified atom stereocenters. The minimum absolute atomic E-state index is 0.291. The molecule has 0 atom stereocenters. The van der Waals surface area contributed by atoms with Crippen LogP contribution in [0.25, 0.3) is 0 Å². The third kappa shape index (κ3) is 3.02. The quantitative estimate of drug-likeness (QED) is 0.761. The lowest BCUT2D eigenvalue weighted by molar-refractivity contribution is 0.0994. The maximum absolute atomic E-state index is 12.4. The molecule has 8 heteroatoms. The maximum Gasteiger partial charge on any atom is 0.294 e. The van der Waals surface area contributed by atoms with Crippen LogP contribution in [0.1, 0.15) is 39.9 Å². The molecule has 118 valence electrons. The van der Waals surface area contributed by atoms with Crippen LogP contribution in [0, 0.1) is 0 Å². The first-order valence-electron chi connectivity index (χ1n) is 7.21. The number of thiophene rings is 1. The lowest BCUT2D eigenvalue weighted by Gasteiger charge is -2.07. The molecular weight excluding hydrogens is 336 g/mol. The molecule has 0 bridgehead atoms. The van der Waals surface area contributed by atoms with E-state index in [1.165, 1.54) is 17.7 Å².